The minimum Gasteiger partial charge on any atom is -0.480 e. The van der Waals surface area contributed by atoms with Crippen molar-refractivity contribution in [2.24, 2.45) is 5.92 Å². The van der Waals surface area contributed by atoms with Crippen LogP contribution in [0.25, 0.3) is 6.08 Å². The first kappa shape index (κ1) is 16.7. The highest BCUT2D eigenvalue weighted by Gasteiger charge is 2.15. The highest BCUT2D eigenvalue weighted by molar-refractivity contribution is 7.92. The maximum Gasteiger partial charge on any atom is 0.240 e. The molecule has 5 nitrogen and oxygen atoms in total. The van der Waals surface area contributed by atoms with Gasteiger partial charge in [-0.3, -0.25) is 4.72 Å². The summed E-state index contributed by atoms with van der Waals surface area (Å²) in [6, 6.07) is 1.40. The van der Waals surface area contributed by atoms with Gasteiger partial charge in [0.15, 0.2) is 0 Å². The molecular formula is C15H21FN2O3S. The van der Waals surface area contributed by atoms with Crippen LogP contribution in [0.15, 0.2) is 12.1 Å². The van der Waals surface area contributed by atoms with E-state index < -0.39 is 16.0 Å². The van der Waals surface area contributed by atoms with Crippen molar-refractivity contribution < 1.29 is 17.5 Å². The quantitative estimate of drug-likeness (QED) is 0.843. The molecule has 1 N–H and O–H groups in total. The Bertz CT molecular complexity index is 653. The molecular weight excluding hydrogens is 307 g/mol. The third kappa shape index (κ3) is 4.69. The van der Waals surface area contributed by atoms with E-state index >= 15 is 0 Å². The minimum absolute atomic E-state index is 0.142. The number of nitrogens with zero attached hydrogens (tertiary/aromatic N) is 1. The van der Waals surface area contributed by atoms with Gasteiger partial charge in [-0.1, -0.05) is 31.4 Å². The Kier molecular flexibility index (Phi) is 5.39. The van der Waals surface area contributed by atoms with Crippen LogP contribution in [0, 0.1) is 11.9 Å². The molecule has 1 aromatic rings. The molecule has 1 aliphatic rings. The molecule has 0 spiro atoms. The number of aromatic nitrogens is 1. The van der Waals surface area contributed by atoms with E-state index in [0.29, 0.717) is 11.5 Å². The van der Waals surface area contributed by atoms with Gasteiger partial charge in [-0.2, -0.15) is 9.37 Å². The number of methoxy groups -OCH3 is 1. The van der Waals surface area contributed by atoms with Crippen molar-refractivity contribution in [3.63, 3.8) is 0 Å². The van der Waals surface area contributed by atoms with Crippen molar-refractivity contribution in [2.75, 3.05) is 18.1 Å². The summed E-state index contributed by atoms with van der Waals surface area (Å²) in [5, 5.41) is 0. The molecule has 1 aromatic heterocycles. The number of sulfonamides is 1. The zero-order valence-electron chi connectivity index (χ0n) is 12.8. The summed E-state index contributed by atoms with van der Waals surface area (Å²) in [4.78, 5) is 3.67. The van der Waals surface area contributed by atoms with E-state index in [4.69, 9.17) is 4.74 Å². The number of hydrogen-bond acceptors (Lipinski definition) is 4. The summed E-state index contributed by atoms with van der Waals surface area (Å²) in [5.74, 6) is -0.268. The lowest BCUT2D eigenvalue weighted by atomic mass is 9.89. The Balaban J connectivity index is 2.27. The number of nitrogens with one attached hydrogen (secondary N) is 1. The Labute approximate surface area is 130 Å². The van der Waals surface area contributed by atoms with Gasteiger partial charge in [-0.15, -0.1) is 0 Å². The second-order valence-corrected chi connectivity index (χ2v) is 7.31. The van der Waals surface area contributed by atoms with Gasteiger partial charge >= 0.3 is 0 Å². The Hall–Kier alpha value is -1.63. The van der Waals surface area contributed by atoms with Gasteiger partial charge in [-0.05, 0) is 24.8 Å². The smallest absolute Gasteiger partial charge is 0.240 e. The fraction of sp³-hybridized carbons (Fsp3) is 0.533. The van der Waals surface area contributed by atoms with Crippen molar-refractivity contribution in [3.05, 3.63) is 23.7 Å². The predicted molar refractivity (Wildman–Crippen MR) is 84.8 cm³/mol. The van der Waals surface area contributed by atoms with E-state index in [1.165, 1.54) is 32.4 Å². The number of hydrogen-bond donors (Lipinski definition) is 1. The third-order valence-corrected chi connectivity index (χ3v) is 4.25. The lowest BCUT2D eigenvalue weighted by molar-refractivity contribution is 0.387. The summed E-state index contributed by atoms with van der Waals surface area (Å²) in [6.45, 7) is 0. The zero-order valence-corrected chi connectivity index (χ0v) is 13.6. The Morgan fingerprint density at radius 3 is 2.64 bits per heavy atom. The standard InChI is InChI=1S/C15H21FN2O3S/c1-21-15-12(9-8-11-6-4-3-5-7-11)10-13(14(16)17-15)18-22(2,19)20/h8-11,18H,3-7H2,1-2H3/b9-8+. The van der Waals surface area contributed by atoms with Crippen LogP contribution in [-0.2, 0) is 10.0 Å². The molecule has 1 saturated carbocycles. The van der Waals surface area contributed by atoms with E-state index in [0.717, 1.165) is 19.1 Å². The number of halogens is 1. The predicted octanol–water partition coefficient (Wildman–Crippen LogP) is 3.19. The number of ether oxygens (including phenoxy) is 1. The molecule has 0 amide bonds. The molecule has 7 heteroatoms. The van der Waals surface area contributed by atoms with E-state index in [2.05, 4.69) is 15.8 Å². The van der Waals surface area contributed by atoms with Crippen LogP contribution in [-0.4, -0.2) is 26.8 Å². The van der Waals surface area contributed by atoms with Crippen LogP contribution >= 0.6 is 0 Å². The van der Waals surface area contributed by atoms with Gasteiger partial charge < -0.3 is 4.74 Å². The van der Waals surface area contributed by atoms with Gasteiger partial charge in [0.2, 0.25) is 21.9 Å². The van der Waals surface area contributed by atoms with Gasteiger partial charge in [0.25, 0.3) is 0 Å². The van der Waals surface area contributed by atoms with E-state index in [9.17, 15) is 12.8 Å². The Morgan fingerprint density at radius 2 is 2.05 bits per heavy atom. The second kappa shape index (κ2) is 7.09. The molecule has 1 aliphatic carbocycles. The first-order chi connectivity index (χ1) is 10.4. The summed E-state index contributed by atoms with van der Waals surface area (Å²) in [6.07, 6.45) is 10.9. The molecule has 1 heterocycles. The molecule has 0 unspecified atom stereocenters. The van der Waals surface area contributed by atoms with Crippen LogP contribution in [0.3, 0.4) is 0 Å². The molecule has 2 rings (SSSR count). The second-order valence-electron chi connectivity index (χ2n) is 5.56. The van der Waals surface area contributed by atoms with Crippen molar-refractivity contribution in [1.82, 2.24) is 4.98 Å². The average Bonchev–Trinajstić information content (AvgIpc) is 2.47. The van der Waals surface area contributed by atoms with Crippen molar-refractivity contribution in [1.29, 1.82) is 0 Å². The third-order valence-electron chi connectivity index (χ3n) is 3.66. The van der Waals surface area contributed by atoms with E-state index in [1.807, 2.05) is 6.08 Å². The molecule has 0 aliphatic heterocycles. The SMILES string of the molecule is COc1nc(F)c(NS(C)(=O)=O)cc1/C=C/C1CCCCC1. The van der Waals surface area contributed by atoms with Gasteiger partial charge in [0.1, 0.15) is 5.69 Å². The van der Waals surface area contributed by atoms with Gasteiger partial charge in [0.05, 0.1) is 13.4 Å². The lowest BCUT2D eigenvalue weighted by Gasteiger charge is -2.18. The number of allylic oxidation sites excluding steroid dienone is 1. The van der Waals surface area contributed by atoms with E-state index in [-0.39, 0.29) is 11.6 Å². The van der Waals surface area contributed by atoms with Crippen LogP contribution in [0.4, 0.5) is 10.1 Å². The maximum absolute atomic E-state index is 13.8. The molecule has 1 fully saturated rings. The van der Waals surface area contributed by atoms with Crippen LogP contribution in [0.5, 0.6) is 5.88 Å². The monoisotopic (exact) mass is 328 g/mol. The normalized spacial score (nSPS) is 16.9. The number of anilines is 1. The topological polar surface area (TPSA) is 68.3 Å². The molecule has 0 aromatic carbocycles. The summed E-state index contributed by atoms with van der Waals surface area (Å²) in [5.41, 5.74) is 0.382. The molecule has 22 heavy (non-hydrogen) atoms. The van der Waals surface area contributed by atoms with E-state index in [1.54, 1.807) is 0 Å². The molecule has 0 radical (unpaired) electrons. The number of rotatable bonds is 5. The number of pyridine rings is 1. The average molecular weight is 328 g/mol. The molecule has 0 atom stereocenters. The zero-order chi connectivity index (χ0) is 16.2. The summed E-state index contributed by atoms with van der Waals surface area (Å²) < 4.78 is 43.5. The summed E-state index contributed by atoms with van der Waals surface area (Å²) in [7, 11) is -2.16. The van der Waals surface area contributed by atoms with Crippen LogP contribution in [0.1, 0.15) is 37.7 Å². The minimum atomic E-state index is -3.57. The fourth-order valence-electron chi connectivity index (χ4n) is 2.61. The van der Waals surface area contributed by atoms with Crippen LogP contribution in [0.2, 0.25) is 0 Å². The molecule has 122 valence electrons. The van der Waals surface area contributed by atoms with Crippen molar-refractivity contribution >= 4 is 21.8 Å². The fourth-order valence-corrected chi connectivity index (χ4v) is 3.15. The Morgan fingerprint density at radius 1 is 1.36 bits per heavy atom. The maximum atomic E-state index is 13.8. The van der Waals surface area contributed by atoms with Gasteiger partial charge in [-0.25, -0.2) is 8.42 Å². The van der Waals surface area contributed by atoms with Crippen molar-refractivity contribution in [3.8, 4) is 5.88 Å². The largest absolute Gasteiger partial charge is 0.480 e. The highest BCUT2D eigenvalue weighted by Crippen LogP contribution is 2.28. The highest BCUT2D eigenvalue weighted by atomic mass is 32.2. The van der Waals surface area contributed by atoms with Crippen LogP contribution < -0.4 is 9.46 Å². The molecule has 0 saturated heterocycles. The van der Waals surface area contributed by atoms with Crippen molar-refractivity contribution in [2.45, 2.75) is 32.1 Å². The van der Waals surface area contributed by atoms with Gasteiger partial charge in [0, 0.05) is 5.56 Å². The first-order valence-corrected chi connectivity index (χ1v) is 9.18. The lowest BCUT2D eigenvalue weighted by Crippen LogP contribution is -2.12. The molecule has 0 bridgehead atoms. The summed E-state index contributed by atoms with van der Waals surface area (Å²) >= 11 is 0. The first-order valence-electron chi connectivity index (χ1n) is 7.29.